The smallest absolute Gasteiger partial charge is 0.0632 e. The van der Waals surface area contributed by atoms with Gasteiger partial charge in [-0.2, -0.15) is 0 Å². The summed E-state index contributed by atoms with van der Waals surface area (Å²) in [6.45, 7) is 2.79. The summed E-state index contributed by atoms with van der Waals surface area (Å²) in [5, 5.41) is 0.0427. The Morgan fingerprint density at radius 1 is 1.31 bits per heavy atom. The molecule has 0 aliphatic rings. The zero-order valence-corrected chi connectivity index (χ0v) is 8.79. The molecule has 2 atom stereocenters. The van der Waals surface area contributed by atoms with Crippen molar-refractivity contribution in [1.29, 1.82) is 0 Å². The van der Waals surface area contributed by atoms with E-state index in [1.165, 1.54) is 0 Å². The number of hydrogen-bond donors (Lipinski definition) is 0. The maximum Gasteiger partial charge on any atom is 0.0632 e. The first-order valence-electron chi connectivity index (χ1n) is 4.43. The van der Waals surface area contributed by atoms with Gasteiger partial charge in [-0.15, -0.1) is 11.6 Å². The summed E-state index contributed by atoms with van der Waals surface area (Å²) in [6.07, 6.45) is 0. The van der Waals surface area contributed by atoms with Crippen LogP contribution in [-0.2, 0) is 4.74 Å². The first-order chi connectivity index (χ1) is 6.25. The summed E-state index contributed by atoms with van der Waals surface area (Å²) in [5.41, 5.74) is 1.16. The predicted octanol–water partition coefficient (Wildman–Crippen LogP) is 3.25. The average molecular weight is 199 g/mol. The van der Waals surface area contributed by atoms with E-state index in [2.05, 4.69) is 6.92 Å². The summed E-state index contributed by atoms with van der Waals surface area (Å²) < 4.78 is 5.06. The van der Waals surface area contributed by atoms with Crippen molar-refractivity contribution in [3.63, 3.8) is 0 Å². The fraction of sp³-hybridized carbons (Fsp3) is 0.455. The Morgan fingerprint density at radius 2 is 1.92 bits per heavy atom. The Labute approximate surface area is 84.7 Å². The maximum atomic E-state index is 6.26. The molecule has 0 heterocycles. The van der Waals surface area contributed by atoms with E-state index in [-0.39, 0.29) is 5.38 Å². The molecule has 1 aromatic rings. The normalized spacial score (nSPS) is 15.3. The Hall–Kier alpha value is -0.530. The van der Waals surface area contributed by atoms with Gasteiger partial charge in [-0.05, 0) is 11.5 Å². The minimum absolute atomic E-state index is 0.0427. The van der Waals surface area contributed by atoms with Crippen LogP contribution in [0, 0.1) is 5.92 Å². The van der Waals surface area contributed by atoms with Crippen LogP contribution in [0.25, 0.3) is 0 Å². The van der Waals surface area contributed by atoms with Crippen molar-refractivity contribution in [3.05, 3.63) is 35.9 Å². The molecule has 2 heteroatoms. The number of alkyl halides is 1. The van der Waals surface area contributed by atoms with E-state index < -0.39 is 0 Å². The van der Waals surface area contributed by atoms with Crippen LogP contribution in [0.3, 0.4) is 0 Å². The van der Waals surface area contributed by atoms with Gasteiger partial charge in [-0.3, -0.25) is 0 Å². The summed E-state index contributed by atoms with van der Waals surface area (Å²) in [5.74, 6) is 0.342. The lowest BCUT2D eigenvalue weighted by atomic mass is 10.0. The van der Waals surface area contributed by atoms with Gasteiger partial charge in [0.25, 0.3) is 0 Å². The minimum atomic E-state index is 0.0427. The standard InChI is InChI=1S/C11H15ClO/c1-9(8-13-2)11(12)10-6-4-3-5-7-10/h3-7,9,11H,8H2,1-2H3/t9-,11+/m0/s1. The third-order valence-electron chi connectivity index (χ3n) is 2.05. The van der Waals surface area contributed by atoms with E-state index in [0.29, 0.717) is 12.5 Å². The van der Waals surface area contributed by atoms with Crippen LogP contribution in [0.2, 0.25) is 0 Å². The fourth-order valence-corrected chi connectivity index (χ4v) is 1.53. The number of benzene rings is 1. The minimum Gasteiger partial charge on any atom is -0.384 e. The van der Waals surface area contributed by atoms with Crippen LogP contribution in [0.5, 0.6) is 0 Å². The molecular formula is C11H15ClO. The molecule has 0 fully saturated rings. The number of halogens is 1. The highest BCUT2D eigenvalue weighted by molar-refractivity contribution is 6.21. The zero-order valence-electron chi connectivity index (χ0n) is 8.03. The Morgan fingerprint density at radius 3 is 2.46 bits per heavy atom. The highest BCUT2D eigenvalue weighted by Gasteiger charge is 2.15. The molecular weight excluding hydrogens is 184 g/mol. The fourth-order valence-electron chi connectivity index (χ4n) is 1.31. The van der Waals surface area contributed by atoms with Crippen LogP contribution in [-0.4, -0.2) is 13.7 Å². The zero-order chi connectivity index (χ0) is 9.68. The Balaban J connectivity index is 2.62. The van der Waals surface area contributed by atoms with Gasteiger partial charge in [0, 0.05) is 7.11 Å². The second kappa shape index (κ2) is 5.25. The lowest BCUT2D eigenvalue weighted by molar-refractivity contribution is 0.157. The van der Waals surface area contributed by atoms with Gasteiger partial charge in [0.2, 0.25) is 0 Å². The highest BCUT2D eigenvalue weighted by Crippen LogP contribution is 2.28. The quantitative estimate of drug-likeness (QED) is 0.675. The van der Waals surface area contributed by atoms with Crippen LogP contribution >= 0.6 is 11.6 Å². The number of ether oxygens (including phenoxy) is 1. The molecule has 1 rings (SSSR count). The molecule has 72 valence electrons. The molecule has 0 unspecified atom stereocenters. The first kappa shape index (κ1) is 10.6. The van der Waals surface area contributed by atoms with Gasteiger partial charge in [0.15, 0.2) is 0 Å². The van der Waals surface area contributed by atoms with E-state index in [0.717, 1.165) is 5.56 Å². The van der Waals surface area contributed by atoms with Crippen LogP contribution < -0.4 is 0 Å². The highest BCUT2D eigenvalue weighted by atomic mass is 35.5. The van der Waals surface area contributed by atoms with Crippen LogP contribution in [0.4, 0.5) is 0 Å². The maximum absolute atomic E-state index is 6.26. The molecule has 1 nitrogen and oxygen atoms in total. The van der Waals surface area contributed by atoms with Crippen molar-refractivity contribution in [2.75, 3.05) is 13.7 Å². The Kier molecular flexibility index (Phi) is 4.26. The van der Waals surface area contributed by atoms with Crippen molar-refractivity contribution in [2.24, 2.45) is 5.92 Å². The van der Waals surface area contributed by atoms with Gasteiger partial charge >= 0.3 is 0 Å². The predicted molar refractivity (Wildman–Crippen MR) is 56.1 cm³/mol. The van der Waals surface area contributed by atoms with Gasteiger partial charge < -0.3 is 4.74 Å². The van der Waals surface area contributed by atoms with E-state index in [4.69, 9.17) is 16.3 Å². The van der Waals surface area contributed by atoms with Gasteiger partial charge in [0.1, 0.15) is 0 Å². The van der Waals surface area contributed by atoms with Crippen molar-refractivity contribution in [3.8, 4) is 0 Å². The third-order valence-corrected chi connectivity index (χ3v) is 2.73. The van der Waals surface area contributed by atoms with E-state index in [1.54, 1.807) is 7.11 Å². The monoisotopic (exact) mass is 198 g/mol. The van der Waals surface area contributed by atoms with Crippen LogP contribution in [0.1, 0.15) is 17.9 Å². The summed E-state index contributed by atoms with van der Waals surface area (Å²) in [7, 11) is 1.70. The van der Waals surface area contributed by atoms with Crippen LogP contribution in [0.15, 0.2) is 30.3 Å². The molecule has 0 aliphatic carbocycles. The van der Waals surface area contributed by atoms with Gasteiger partial charge in [-0.1, -0.05) is 37.3 Å². The molecule has 0 amide bonds. The summed E-state index contributed by atoms with van der Waals surface area (Å²) >= 11 is 6.26. The topological polar surface area (TPSA) is 9.23 Å². The average Bonchev–Trinajstić information content (AvgIpc) is 2.18. The molecule has 0 radical (unpaired) electrons. The molecule has 0 saturated heterocycles. The van der Waals surface area contributed by atoms with Gasteiger partial charge in [-0.25, -0.2) is 0 Å². The van der Waals surface area contributed by atoms with Crippen molar-refractivity contribution in [1.82, 2.24) is 0 Å². The molecule has 1 aromatic carbocycles. The van der Waals surface area contributed by atoms with Crippen molar-refractivity contribution >= 4 is 11.6 Å². The lowest BCUT2D eigenvalue weighted by Gasteiger charge is -2.17. The van der Waals surface area contributed by atoms with E-state index >= 15 is 0 Å². The number of rotatable bonds is 4. The molecule has 0 aromatic heterocycles. The molecule has 0 saturated carbocycles. The first-order valence-corrected chi connectivity index (χ1v) is 4.87. The third kappa shape index (κ3) is 3.02. The Bertz CT molecular complexity index is 235. The largest absolute Gasteiger partial charge is 0.384 e. The molecule has 0 bridgehead atoms. The summed E-state index contributed by atoms with van der Waals surface area (Å²) in [4.78, 5) is 0. The van der Waals surface area contributed by atoms with Gasteiger partial charge in [0.05, 0.1) is 12.0 Å². The molecule has 13 heavy (non-hydrogen) atoms. The summed E-state index contributed by atoms with van der Waals surface area (Å²) in [6, 6.07) is 10.1. The second-order valence-electron chi connectivity index (χ2n) is 3.25. The van der Waals surface area contributed by atoms with E-state index in [1.807, 2.05) is 30.3 Å². The SMILES string of the molecule is COC[C@H](C)[C@@H](Cl)c1ccccc1. The second-order valence-corrected chi connectivity index (χ2v) is 3.72. The van der Waals surface area contributed by atoms with Crippen molar-refractivity contribution < 1.29 is 4.74 Å². The lowest BCUT2D eigenvalue weighted by Crippen LogP contribution is -2.10. The number of hydrogen-bond acceptors (Lipinski definition) is 1. The molecule has 0 aliphatic heterocycles. The molecule has 0 N–H and O–H groups in total. The van der Waals surface area contributed by atoms with E-state index in [9.17, 15) is 0 Å². The number of methoxy groups -OCH3 is 1. The van der Waals surface area contributed by atoms with Crippen molar-refractivity contribution in [2.45, 2.75) is 12.3 Å². The molecule has 0 spiro atoms.